The Kier molecular flexibility index (Phi) is 6.29. The van der Waals surface area contributed by atoms with Crippen molar-refractivity contribution in [3.05, 3.63) is 85.8 Å². The fourth-order valence-corrected chi connectivity index (χ4v) is 5.69. The second-order valence-corrected chi connectivity index (χ2v) is 10.4. The molecule has 5 N–H and O–H groups in total. The van der Waals surface area contributed by atoms with Crippen molar-refractivity contribution in [2.75, 3.05) is 6.61 Å². The smallest absolute Gasteiger partial charge is 0.346 e. The maximum absolute atomic E-state index is 13.6. The van der Waals surface area contributed by atoms with E-state index in [0.717, 1.165) is 43.4 Å². The molecule has 0 amide bonds. The summed E-state index contributed by atoms with van der Waals surface area (Å²) in [4.78, 5) is 31.9. The standard InChI is InChI=1S/C27H21BrN2O5S/c1-13(12-31)5-6-14-3-2-4-16-19(11-30-22(14)16)23(32)26-24(33)21(25(36-26)27(34)35)18-10-29-20-8-7-15(28)9-17(18)20/h2-5,7-11,29-31,33H,6,12H2,1H3,(H,34,35). The fraction of sp³-hybridized carbons (Fsp3) is 0.111. The van der Waals surface area contributed by atoms with Crippen LogP contribution in [0.3, 0.4) is 0 Å². The van der Waals surface area contributed by atoms with Gasteiger partial charge in [0.1, 0.15) is 15.5 Å². The highest BCUT2D eigenvalue weighted by molar-refractivity contribution is 9.10. The summed E-state index contributed by atoms with van der Waals surface area (Å²) in [7, 11) is 0. The number of carbonyl (C=O) groups is 2. The van der Waals surface area contributed by atoms with Crippen LogP contribution in [0.4, 0.5) is 0 Å². The zero-order valence-corrected chi connectivity index (χ0v) is 21.5. The normalized spacial score (nSPS) is 12.0. The monoisotopic (exact) mass is 564 g/mol. The summed E-state index contributed by atoms with van der Waals surface area (Å²) in [5, 5.41) is 31.8. The molecule has 182 valence electrons. The van der Waals surface area contributed by atoms with Crippen LogP contribution in [0.15, 0.2) is 64.9 Å². The third-order valence-electron chi connectivity index (χ3n) is 6.16. The molecule has 0 saturated carbocycles. The number of halogens is 1. The molecule has 0 fully saturated rings. The number of nitrogens with one attached hydrogen (secondary N) is 2. The number of ketones is 1. The van der Waals surface area contributed by atoms with E-state index in [1.807, 2.05) is 49.4 Å². The second kappa shape index (κ2) is 9.42. The number of aromatic carboxylic acids is 1. The van der Waals surface area contributed by atoms with Crippen LogP contribution in [-0.4, -0.2) is 43.6 Å². The summed E-state index contributed by atoms with van der Waals surface area (Å²) in [6, 6.07) is 11.1. The molecule has 3 heterocycles. The summed E-state index contributed by atoms with van der Waals surface area (Å²) < 4.78 is 0.803. The minimum Gasteiger partial charge on any atom is -0.506 e. The lowest BCUT2D eigenvalue weighted by molar-refractivity contribution is 0.0702. The molecule has 2 aromatic carbocycles. The van der Waals surface area contributed by atoms with Gasteiger partial charge >= 0.3 is 5.97 Å². The van der Waals surface area contributed by atoms with E-state index in [9.17, 15) is 24.9 Å². The van der Waals surface area contributed by atoms with Gasteiger partial charge in [-0.3, -0.25) is 4.79 Å². The van der Waals surface area contributed by atoms with Crippen LogP contribution < -0.4 is 0 Å². The number of aromatic amines is 2. The van der Waals surface area contributed by atoms with Gasteiger partial charge in [0.2, 0.25) is 5.78 Å². The molecule has 0 aliphatic heterocycles. The van der Waals surface area contributed by atoms with Gasteiger partial charge in [0.05, 0.1) is 12.2 Å². The first kappa shape index (κ1) is 24.1. The van der Waals surface area contributed by atoms with E-state index in [2.05, 4.69) is 25.9 Å². The lowest BCUT2D eigenvalue weighted by atomic mass is 10.0. The summed E-state index contributed by atoms with van der Waals surface area (Å²) in [6.07, 6.45) is 5.72. The molecule has 5 rings (SSSR count). The Bertz CT molecular complexity index is 1690. The average molecular weight is 565 g/mol. The first-order valence-electron chi connectivity index (χ1n) is 11.1. The van der Waals surface area contributed by atoms with E-state index >= 15 is 0 Å². The van der Waals surface area contributed by atoms with Gasteiger partial charge in [-0.05, 0) is 37.1 Å². The van der Waals surface area contributed by atoms with Crippen LogP contribution >= 0.6 is 27.3 Å². The lowest BCUT2D eigenvalue weighted by Crippen LogP contribution is -1.98. The molecule has 0 aliphatic rings. The van der Waals surface area contributed by atoms with E-state index < -0.39 is 11.8 Å². The third-order valence-corrected chi connectivity index (χ3v) is 7.82. The number of carboxylic acids is 1. The molecule has 0 atom stereocenters. The van der Waals surface area contributed by atoms with E-state index in [4.69, 9.17) is 0 Å². The number of aromatic nitrogens is 2. The molecule has 0 spiro atoms. The van der Waals surface area contributed by atoms with Crippen molar-refractivity contribution in [2.24, 2.45) is 0 Å². The van der Waals surface area contributed by atoms with E-state index in [1.165, 1.54) is 0 Å². The maximum Gasteiger partial charge on any atom is 0.346 e. The quantitative estimate of drug-likeness (QED) is 0.118. The van der Waals surface area contributed by atoms with Crippen molar-refractivity contribution in [3.8, 4) is 16.9 Å². The van der Waals surface area contributed by atoms with Crippen molar-refractivity contribution in [2.45, 2.75) is 13.3 Å². The molecule has 7 nitrogen and oxygen atoms in total. The van der Waals surface area contributed by atoms with E-state index in [0.29, 0.717) is 22.9 Å². The Morgan fingerprint density at radius 1 is 1.08 bits per heavy atom. The zero-order chi connectivity index (χ0) is 25.6. The topological polar surface area (TPSA) is 126 Å². The number of H-pyrrole nitrogens is 2. The van der Waals surface area contributed by atoms with Crippen molar-refractivity contribution in [1.29, 1.82) is 0 Å². The number of benzene rings is 2. The van der Waals surface area contributed by atoms with Crippen LogP contribution in [0.25, 0.3) is 32.9 Å². The molecule has 36 heavy (non-hydrogen) atoms. The highest BCUT2D eigenvalue weighted by Gasteiger charge is 2.30. The molecule has 0 bridgehead atoms. The Labute approximate surface area is 217 Å². The number of fused-ring (bicyclic) bond motifs is 2. The minimum atomic E-state index is -1.22. The largest absolute Gasteiger partial charge is 0.506 e. The first-order valence-corrected chi connectivity index (χ1v) is 12.7. The predicted molar refractivity (Wildman–Crippen MR) is 144 cm³/mol. The number of rotatable bonds is 7. The Morgan fingerprint density at radius 2 is 1.89 bits per heavy atom. The van der Waals surface area contributed by atoms with Crippen LogP contribution in [0.1, 0.15) is 37.4 Å². The van der Waals surface area contributed by atoms with Gasteiger partial charge in [-0.2, -0.15) is 0 Å². The van der Waals surface area contributed by atoms with Crippen LogP contribution in [0.2, 0.25) is 0 Å². The van der Waals surface area contributed by atoms with Crippen molar-refractivity contribution >= 4 is 60.8 Å². The summed E-state index contributed by atoms with van der Waals surface area (Å²) in [6.45, 7) is 1.82. The van der Waals surface area contributed by atoms with Gasteiger partial charge in [0, 0.05) is 49.8 Å². The van der Waals surface area contributed by atoms with Crippen molar-refractivity contribution in [1.82, 2.24) is 9.97 Å². The van der Waals surface area contributed by atoms with E-state index in [1.54, 1.807) is 12.4 Å². The number of aromatic hydroxyl groups is 1. The number of para-hydroxylation sites is 1. The van der Waals surface area contributed by atoms with Gasteiger partial charge in [-0.25, -0.2) is 4.79 Å². The lowest BCUT2D eigenvalue weighted by Gasteiger charge is -2.03. The number of carboxylic acid groups (broad SMARTS) is 1. The number of hydrogen-bond acceptors (Lipinski definition) is 5. The third kappa shape index (κ3) is 4.05. The number of thiophene rings is 1. The Balaban J connectivity index is 1.63. The van der Waals surface area contributed by atoms with Crippen molar-refractivity contribution < 1.29 is 24.9 Å². The second-order valence-electron chi connectivity index (χ2n) is 8.47. The number of aliphatic hydroxyl groups is 1. The number of allylic oxidation sites excluding steroid dienone is 1. The Morgan fingerprint density at radius 3 is 2.64 bits per heavy atom. The molecule has 0 aliphatic carbocycles. The van der Waals surface area contributed by atoms with Crippen molar-refractivity contribution in [3.63, 3.8) is 0 Å². The van der Waals surface area contributed by atoms with Gasteiger partial charge in [-0.15, -0.1) is 11.3 Å². The summed E-state index contributed by atoms with van der Waals surface area (Å²) >= 11 is 4.20. The fourth-order valence-electron chi connectivity index (χ4n) is 4.32. The number of carbonyl (C=O) groups excluding carboxylic acids is 1. The van der Waals surface area contributed by atoms with Gasteiger partial charge < -0.3 is 25.3 Å². The molecule has 5 aromatic rings. The molecule has 3 aromatic heterocycles. The average Bonchev–Trinajstić information content (AvgIpc) is 3.57. The highest BCUT2D eigenvalue weighted by atomic mass is 79.9. The highest BCUT2D eigenvalue weighted by Crippen LogP contribution is 2.46. The predicted octanol–water partition coefficient (Wildman–Crippen LogP) is 6.26. The van der Waals surface area contributed by atoms with Gasteiger partial charge in [-0.1, -0.05) is 45.8 Å². The SMILES string of the molecule is CC(=CCc1cccc2c(C(=O)c3sc(C(=O)O)c(-c4c[nH]c5ccc(Br)cc45)c3O)c[nH]c12)CO. The van der Waals surface area contributed by atoms with E-state index in [-0.39, 0.29) is 27.7 Å². The van der Waals surface area contributed by atoms with Crippen LogP contribution in [0.5, 0.6) is 5.75 Å². The molecule has 0 unspecified atom stereocenters. The Hall–Kier alpha value is -3.66. The molecule has 0 radical (unpaired) electrons. The molecular formula is C27H21BrN2O5S. The number of aliphatic hydroxyl groups excluding tert-OH is 1. The number of hydrogen-bond donors (Lipinski definition) is 5. The van der Waals surface area contributed by atoms with Crippen LogP contribution in [-0.2, 0) is 6.42 Å². The first-order chi connectivity index (χ1) is 17.3. The summed E-state index contributed by atoms with van der Waals surface area (Å²) in [5.41, 5.74) is 4.31. The maximum atomic E-state index is 13.6. The molecule has 0 saturated heterocycles. The van der Waals surface area contributed by atoms with Gasteiger partial charge in [0.15, 0.2) is 0 Å². The molecular weight excluding hydrogens is 544 g/mol. The molecule has 9 heteroatoms. The zero-order valence-electron chi connectivity index (χ0n) is 19.1. The summed E-state index contributed by atoms with van der Waals surface area (Å²) in [5.74, 6) is -2.03. The van der Waals surface area contributed by atoms with Crippen LogP contribution in [0, 0.1) is 0 Å². The van der Waals surface area contributed by atoms with Gasteiger partial charge in [0.25, 0.3) is 0 Å². The minimum absolute atomic E-state index is 0.0241.